The van der Waals surface area contributed by atoms with Crippen LogP contribution in [0, 0.1) is 0 Å². The number of aromatic nitrogens is 29. The molecule has 0 aliphatic heterocycles. The second-order valence-corrected chi connectivity index (χ2v) is 14.5. The minimum absolute atomic E-state index is 1.26. The van der Waals surface area contributed by atoms with E-state index in [4.69, 9.17) is 0 Å². The van der Waals surface area contributed by atoms with Crippen molar-refractivity contribution >= 4 is 45.5 Å². The monoisotopic (exact) mass is 1240 g/mol. The van der Waals surface area contributed by atoms with Gasteiger partial charge in [-0.1, -0.05) is 38.0 Å². The Morgan fingerprint density at radius 1 is 0.341 bits per heavy atom. The van der Waals surface area contributed by atoms with E-state index in [1.54, 1.807) is 126 Å². The van der Waals surface area contributed by atoms with Crippen molar-refractivity contribution < 1.29 is 31.4 Å². The van der Waals surface area contributed by atoms with Gasteiger partial charge >= 0.3 is 0 Å². The van der Waals surface area contributed by atoms with Crippen molar-refractivity contribution in [3.8, 4) is 0 Å². The number of rotatable bonds is 0. The SMILES string of the molecule is c1c[nH]cn1.c1cc[nH]c1.c1ccoc1.c1ccsc1.c1cn[nH]c1.c1cn[nH]n1.c1cnoc1.c1cnon1.c1cnsc1.c1cocn1.c1conn1.c1cscn1.c1nc[nH]n1.c1ncon1.c1nn[nH]n1.c1nnco1.c1nncs1. The number of furan rings is 1. The molecule has 0 radical (unpaired) electrons. The standard InChI is InChI=1S/C4H5N.C4H4O.C4H4S.2C3H4N2.2C3H3NO.2C3H3NS.2C2H3N3.4C2H2N2O.C2H2N2S.CH2N4/c3*1-2-4-5-3-1;1-2-5-3-4-1;1-2-4-5-3-1;1-2-5-3-4-1;1-2-4-5-3-1;1-2-5-3-4-1;1-2-4-5-3-1;1-3-2-5-4-1;1-2-4-5-3-1;1-3-4-2-5-1;1-3-2-5-4-1;1-2-5-4-3-1;1-2-4-5-3-1;1-3-4-2-5-1;1-2-4-5-3-1/h1-5H;2*1-4H;2*1-3H,(H,4,5);4*1-3H;2*1-2H,(H,3,4,5);5*1-2H;1H,(H,2,3,4,5). The maximum atomic E-state index is 4.58. The van der Waals surface area contributed by atoms with Gasteiger partial charge in [0.2, 0.25) is 19.2 Å². The van der Waals surface area contributed by atoms with Crippen LogP contribution < -0.4 is 0 Å². The summed E-state index contributed by atoms with van der Waals surface area (Å²) in [4.78, 5) is 23.6. The van der Waals surface area contributed by atoms with Crippen LogP contribution in [0.15, 0.2) is 306 Å². The Balaban J connectivity index is 0.000000452. The van der Waals surface area contributed by atoms with Crippen LogP contribution >= 0.6 is 45.5 Å². The van der Waals surface area contributed by atoms with E-state index in [9.17, 15) is 0 Å². The van der Waals surface area contributed by atoms with E-state index in [0.29, 0.717) is 0 Å². The first-order valence-electron chi connectivity index (χ1n) is 22.5. The molecular formula is C45H51N29O7S4. The van der Waals surface area contributed by atoms with Crippen LogP contribution in [0.1, 0.15) is 0 Å². The first-order chi connectivity index (χ1) is 42.5. The van der Waals surface area contributed by atoms with Gasteiger partial charge in [0, 0.05) is 65.6 Å². The summed E-state index contributed by atoms with van der Waals surface area (Å²) < 4.78 is 34.0. The number of nitrogens with one attached hydrogen (secondary N) is 6. The Hall–Kier alpha value is -12.2. The molecule has 0 unspecified atom stereocenters. The molecule has 40 heteroatoms. The predicted octanol–water partition coefficient (Wildman–Crippen LogP) is 8.12. The molecule has 0 fully saturated rings. The zero-order valence-electron chi connectivity index (χ0n) is 43.8. The average Bonchev–Trinajstić information content (AvgIpc) is 4.45. The summed E-state index contributed by atoms with van der Waals surface area (Å²) in [6.07, 6.45) is 45.1. The van der Waals surface area contributed by atoms with Crippen molar-refractivity contribution in [2.24, 2.45) is 0 Å². The summed E-state index contributed by atoms with van der Waals surface area (Å²) in [5, 5.41) is 74.7. The Morgan fingerprint density at radius 3 is 1.38 bits per heavy atom. The Morgan fingerprint density at radius 2 is 1.18 bits per heavy atom. The lowest BCUT2D eigenvalue weighted by Gasteiger charge is -1.50. The number of thiophene rings is 1. The minimum atomic E-state index is 1.26. The van der Waals surface area contributed by atoms with Gasteiger partial charge in [0.1, 0.15) is 42.5 Å². The summed E-state index contributed by atoms with van der Waals surface area (Å²) in [6.45, 7) is 0. The van der Waals surface area contributed by atoms with Gasteiger partial charge in [-0.15, -0.1) is 58.4 Å². The van der Waals surface area contributed by atoms with Crippen molar-refractivity contribution in [1.29, 1.82) is 0 Å². The van der Waals surface area contributed by atoms with Gasteiger partial charge in [0.05, 0.1) is 67.7 Å². The van der Waals surface area contributed by atoms with Crippen molar-refractivity contribution in [3.63, 3.8) is 0 Å². The normalized spacial score (nSPS) is 8.00. The third-order valence-electron chi connectivity index (χ3n) is 5.89. The highest BCUT2D eigenvalue weighted by Gasteiger charge is 1.67. The number of hydrogen-bond donors (Lipinski definition) is 6. The zero-order valence-corrected chi connectivity index (χ0v) is 47.0. The zero-order chi connectivity index (χ0) is 60.1. The number of tetrazole rings is 1. The highest BCUT2D eigenvalue weighted by molar-refractivity contribution is 7.08. The number of H-pyrrole nitrogens is 6. The Kier molecular flexibility index (Phi) is 56.6. The molecule has 17 heterocycles. The Bertz CT molecular complexity index is 2000. The molecule has 17 aromatic heterocycles. The van der Waals surface area contributed by atoms with Gasteiger partial charge in [-0.3, -0.25) is 15.2 Å². The van der Waals surface area contributed by atoms with E-state index < -0.39 is 0 Å². The fraction of sp³-hybridized carbons (Fsp3) is 0. The minimum Gasteiger partial charge on any atom is -0.473 e. The molecule has 0 atom stereocenters. The third-order valence-corrected chi connectivity index (χ3v) is 8.00. The number of nitrogens with zero attached hydrogens (tertiary/aromatic N) is 23. The molecule has 0 saturated carbocycles. The molecule has 85 heavy (non-hydrogen) atoms. The van der Waals surface area contributed by atoms with Crippen molar-refractivity contribution in [1.82, 2.24) is 147 Å². The molecule has 0 aliphatic rings. The molecule has 0 saturated heterocycles. The molecule has 0 amide bonds. The molecule has 0 aromatic carbocycles. The fourth-order valence-electron chi connectivity index (χ4n) is 3.01. The summed E-state index contributed by atoms with van der Waals surface area (Å²) in [5.74, 6) is 0. The van der Waals surface area contributed by atoms with Crippen LogP contribution in [0.3, 0.4) is 0 Å². The van der Waals surface area contributed by atoms with Gasteiger partial charge in [-0.2, -0.15) is 42.2 Å². The van der Waals surface area contributed by atoms with Crippen molar-refractivity contribution in [2.75, 3.05) is 0 Å². The number of aromatic amines is 6. The van der Waals surface area contributed by atoms with E-state index in [1.807, 2.05) is 82.4 Å². The van der Waals surface area contributed by atoms with Crippen LogP contribution in [0.2, 0.25) is 0 Å². The number of hydrogen-bond acceptors (Lipinski definition) is 34. The third kappa shape index (κ3) is 66.0. The van der Waals surface area contributed by atoms with E-state index >= 15 is 0 Å². The quantitative estimate of drug-likeness (QED) is 0.0834. The molecule has 442 valence electrons. The average molecular weight is 1240 g/mol. The smallest absolute Gasteiger partial charge is 0.213 e. The van der Waals surface area contributed by atoms with Crippen LogP contribution in [0.25, 0.3) is 0 Å². The van der Waals surface area contributed by atoms with Gasteiger partial charge in [-0.25, -0.2) is 28.9 Å². The molecule has 36 nitrogen and oxygen atoms in total. The van der Waals surface area contributed by atoms with E-state index in [-0.39, 0.29) is 0 Å². The molecule has 0 spiro atoms. The van der Waals surface area contributed by atoms with E-state index in [1.165, 1.54) is 111 Å². The van der Waals surface area contributed by atoms with Crippen molar-refractivity contribution in [2.45, 2.75) is 0 Å². The topological polar surface area (TPSA) is 483 Å². The summed E-state index contributed by atoms with van der Waals surface area (Å²) >= 11 is 6.27. The van der Waals surface area contributed by atoms with Crippen LogP contribution in [0.4, 0.5) is 0 Å². The molecule has 17 aromatic rings. The molecule has 0 bridgehead atoms. The Labute approximate surface area is 495 Å². The number of imidazole rings is 1. The molecule has 17 rings (SSSR count). The number of thiazole rings is 1. The number of oxazole rings is 1. The van der Waals surface area contributed by atoms with Crippen molar-refractivity contribution in [3.05, 3.63) is 274 Å². The first-order valence-corrected chi connectivity index (χ1v) is 26.1. The summed E-state index contributed by atoms with van der Waals surface area (Å²) in [6, 6.07) is 17.1. The lowest BCUT2D eigenvalue weighted by atomic mass is 10.7. The second kappa shape index (κ2) is 67.9. The molecule has 0 aliphatic carbocycles. The molecule has 6 N–H and O–H groups in total. The summed E-state index contributed by atoms with van der Waals surface area (Å²) in [7, 11) is 0. The van der Waals surface area contributed by atoms with Crippen LogP contribution in [-0.2, 0) is 0 Å². The van der Waals surface area contributed by atoms with Crippen LogP contribution in [0.5, 0.6) is 0 Å². The van der Waals surface area contributed by atoms with Crippen LogP contribution in [-0.4, -0.2) is 147 Å². The van der Waals surface area contributed by atoms with E-state index in [2.05, 4.69) is 179 Å². The highest BCUT2D eigenvalue weighted by Crippen LogP contribution is 1.91. The summed E-state index contributed by atoms with van der Waals surface area (Å²) in [5.41, 5.74) is 5.15. The predicted molar refractivity (Wildman–Crippen MR) is 302 cm³/mol. The van der Waals surface area contributed by atoms with Gasteiger partial charge in [0.15, 0.2) is 19.0 Å². The van der Waals surface area contributed by atoms with Gasteiger partial charge in [0.25, 0.3) is 0 Å². The second-order valence-electron chi connectivity index (χ2n) is 11.5. The first kappa shape index (κ1) is 70.8. The van der Waals surface area contributed by atoms with E-state index in [0.717, 1.165) is 0 Å². The lowest BCUT2D eigenvalue weighted by Crippen LogP contribution is -1.64. The largest absolute Gasteiger partial charge is 0.473 e. The lowest BCUT2D eigenvalue weighted by molar-refractivity contribution is 0.307. The maximum Gasteiger partial charge on any atom is 0.213 e. The van der Waals surface area contributed by atoms with Gasteiger partial charge < -0.3 is 36.8 Å². The molecular weight excluding hydrogens is 1190 g/mol. The highest BCUT2D eigenvalue weighted by atomic mass is 32.1. The van der Waals surface area contributed by atoms with Gasteiger partial charge in [-0.05, 0) is 64.8 Å². The maximum absolute atomic E-state index is 4.58. The fourth-order valence-corrected chi connectivity index (χ4v) is 4.44.